The number of hydrogen-bond donors (Lipinski definition) is 2. The number of benzene rings is 1. The average molecular weight is 290 g/mol. The van der Waals surface area contributed by atoms with Crippen LogP contribution in [0.2, 0.25) is 0 Å². The Bertz CT molecular complexity index is 402. The van der Waals surface area contributed by atoms with E-state index in [1.165, 1.54) is 30.5 Å². The lowest BCUT2D eigenvalue weighted by Gasteiger charge is -2.31. The first-order chi connectivity index (χ1) is 10.2. The molecule has 2 N–H and O–H groups in total. The molecule has 1 aliphatic heterocycles. The van der Waals surface area contributed by atoms with Gasteiger partial charge in [0.2, 0.25) is 0 Å². The third-order valence-electron chi connectivity index (χ3n) is 4.24. The van der Waals surface area contributed by atoms with E-state index in [-0.39, 0.29) is 12.6 Å². The van der Waals surface area contributed by atoms with Crippen molar-refractivity contribution >= 4 is 5.69 Å². The van der Waals surface area contributed by atoms with E-state index >= 15 is 0 Å². The maximum absolute atomic E-state index is 9.62. The van der Waals surface area contributed by atoms with E-state index in [9.17, 15) is 5.11 Å². The number of nitrogens with zero attached hydrogens (tertiary/aromatic N) is 1. The lowest BCUT2D eigenvalue weighted by atomic mass is 10.1. The zero-order valence-corrected chi connectivity index (χ0v) is 13.5. The molecular formula is C18H30N2O. The van der Waals surface area contributed by atoms with Crippen molar-refractivity contribution in [3.63, 3.8) is 0 Å². The number of rotatable bonds is 6. The second-order valence-electron chi connectivity index (χ2n) is 6.57. The van der Waals surface area contributed by atoms with Gasteiger partial charge in [-0.2, -0.15) is 0 Å². The van der Waals surface area contributed by atoms with Crippen LogP contribution in [0.3, 0.4) is 0 Å². The van der Waals surface area contributed by atoms with E-state index in [0.717, 1.165) is 26.1 Å². The zero-order valence-electron chi connectivity index (χ0n) is 13.5. The van der Waals surface area contributed by atoms with Crippen molar-refractivity contribution in [3.05, 3.63) is 29.8 Å². The van der Waals surface area contributed by atoms with Crippen LogP contribution >= 0.6 is 0 Å². The molecule has 21 heavy (non-hydrogen) atoms. The molecule has 0 radical (unpaired) electrons. The predicted octanol–water partition coefficient (Wildman–Crippen LogP) is 3.17. The van der Waals surface area contributed by atoms with Gasteiger partial charge in [0.15, 0.2) is 0 Å². The fourth-order valence-electron chi connectivity index (χ4n) is 3.02. The summed E-state index contributed by atoms with van der Waals surface area (Å²) in [5.41, 5.74) is 2.58. The minimum atomic E-state index is 0.262. The molecule has 1 aromatic carbocycles. The molecule has 0 amide bonds. The standard InChI is InChI=1S/C18H30N2O/c1-15(2)12-19-13-16-7-9-17(10-8-16)20-11-5-3-4-6-18(20)14-21/h7-10,15,18-19,21H,3-6,11-14H2,1-2H3. The fraction of sp³-hybridized carbons (Fsp3) is 0.667. The van der Waals surface area contributed by atoms with Crippen LogP contribution in [0.5, 0.6) is 0 Å². The first-order valence-electron chi connectivity index (χ1n) is 8.38. The van der Waals surface area contributed by atoms with Gasteiger partial charge in [-0.05, 0) is 43.0 Å². The monoisotopic (exact) mass is 290 g/mol. The third-order valence-corrected chi connectivity index (χ3v) is 4.24. The Labute approximate surface area is 129 Å². The molecule has 1 unspecified atom stereocenters. The van der Waals surface area contributed by atoms with E-state index in [1.807, 2.05) is 0 Å². The topological polar surface area (TPSA) is 35.5 Å². The molecule has 2 rings (SSSR count). The lowest BCUT2D eigenvalue weighted by molar-refractivity contribution is 0.255. The molecule has 0 aromatic heterocycles. The van der Waals surface area contributed by atoms with Crippen LogP contribution in [0, 0.1) is 5.92 Å². The smallest absolute Gasteiger partial charge is 0.0635 e. The number of anilines is 1. The van der Waals surface area contributed by atoms with Crippen LogP contribution in [0.25, 0.3) is 0 Å². The number of aliphatic hydroxyl groups is 1. The van der Waals surface area contributed by atoms with Crippen LogP contribution < -0.4 is 10.2 Å². The quantitative estimate of drug-likeness (QED) is 0.844. The summed E-state index contributed by atoms with van der Waals surface area (Å²) in [5.74, 6) is 0.687. The Morgan fingerprint density at radius 2 is 1.95 bits per heavy atom. The summed E-state index contributed by atoms with van der Waals surface area (Å²) in [5, 5.41) is 13.1. The van der Waals surface area contributed by atoms with Gasteiger partial charge in [0.05, 0.1) is 12.6 Å². The Kier molecular flexibility index (Phi) is 6.52. The van der Waals surface area contributed by atoms with Crippen LogP contribution in [0.4, 0.5) is 5.69 Å². The average Bonchev–Trinajstić information content (AvgIpc) is 2.73. The summed E-state index contributed by atoms with van der Waals surface area (Å²) >= 11 is 0. The van der Waals surface area contributed by atoms with Gasteiger partial charge in [0, 0.05) is 18.8 Å². The Morgan fingerprint density at radius 1 is 1.19 bits per heavy atom. The second kappa shape index (κ2) is 8.40. The first kappa shape index (κ1) is 16.3. The van der Waals surface area contributed by atoms with Gasteiger partial charge < -0.3 is 15.3 Å². The maximum Gasteiger partial charge on any atom is 0.0635 e. The second-order valence-corrected chi connectivity index (χ2v) is 6.57. The Balaban J connectivity index is 1.96. The molecule has 3 nitrogen and oxygen atoms in total. The minimum Gasteiger partial charge on any atom is -0.394 e. The third kappa shape index (κ3) is 5.01. The zero-order chi connectivity index (χ0) is 15.1. The summed E-state index contributed by atoms with van der Waals surface area (Å²) in [6.07, 6.45) is 4.85. The number of aliphatic hydroxyl groups excluding tert-OH is 1. The summed E-state index contributed by atoms with van der Waals surface area (Å²) in [6, 6.07) is 9.13. The van der Waals surface area contributed by atoms with Gasteiger partial charge in [0.1, 0.15) is 0 Å². The van der Waals surface area contributed by atoms with E-state index in [0.29, 0.717) is 5.92 Å². The van der Waals surface area contributed by atoms with Crippen molar-refractivity contribution in [1.82, 2.24) is 5.32 Å². The molecule has 1 atom stereocenters. The van der Waals surface area contributed by atoms with Crippen LogP contribution in [-0.4, -0.2) is 30.8 Å². The normalized spacial score (nSPS) is 19.8. The minimum absolute atomic E-state index is 0.262. The molecule has 1 aliphatic rings. The molecule has 0 saturated carbocycles. The lowest BCUT2D eigenvalue weighted by Crippen LogP contribution is -2.37. The van der Waals surface area contributed by atoms with Gasteiger partial charge in [-0.3, -0.25) is 0 Å². The molecule has 0 aliphatic carbocycles. The van der Waals surface area contributed by atoms with Crippen molar-refractivity contribution < 1.29 is 5.11 Å². The van der Waals surface area contributed by atoms with E-state index < -0.39 is 0 Å². The van der Waals surface area contributed by atoms with E-state index in [1.54, 1.807) is 0 Å². The van der Waals surface area contributed by atoms with Gasteiger partial charge in [-0.25, -0.2) is 0 Å². The summed E-state index contributed by atoms with van der Waals surface area (Å²) in [7, 11) is 0. The van der Waals surface area contributed by atoms with Gasteiger partial charge in [-0.15, -0.1) is 0 Å². The number of nitrogens with one attached hydrogen (secondary N) is 1. The summed E-state index contributed by atoms with van der Waals surface area (Å²) in [4.78, 5) is 2.39. The Morgan fingerprint density at radius 3 is 2.62 bits per heavy atom. The largest absolute Gasteiger partial charge is 0.394 e. The molecule has 3 heteroatoms. The highest BCUT2D eigenvalue weighted by atomic mass is 16.3. The molecule has 1 saturated heterocycles. The highest BCUT2D eigenvalue weighted by Gasteiger charge is 2.20. The highest BCUT2D eigenvalue weighted by Crippen LogP contribution is 2.24. The van der Waals surface area contributed by atoms with Gasteiger partial charge >= 0.3 is 0 Å². The van der Waals surface area contributed by atoms with E-state index in [2.05, 4.69) is 48.3 Å². The molecule has 1 heterocycles. The molecular weight excluding hydrogens is 260 g/mol. The van der Waals surface area contributed by atoms with Gasteiger partial charge in [-0.1, -0.05) is 38.8 Å². The van der Waals surface area contributed by atoms with Gasteiger partial charge in [0.25, 0.3) is 0 Å². The highest BCUT2D eigenvalue weighted by molar-refractivity contribution is 5.48. The number of hydrogen-bond acceptors (Lipinski definition) is 3. The maximum atomic E-state index is 9.62. The molecule has 0 spiro atoms. The SMILES string of the molecule is CC(C)CNCc1ccc(N2CCCCCC2CO)cc1. The van der Waals surface area contributed by atoms with Crippen LogP contribution in [-0.2, 0) is 6.54 Å². The van der Waals surface area contributed by atoms with Crippen molar-refractivity contribution in [2.75, 3.05) is 24.6 Å². The predicted molar refractivity (Wildman–Crippen MR) is 89.7 cm³/mol. The van der Waals surface area contributed by atoms with Crippen molar-refractivity contribution in [3.8, 4) is 0 Å². The molecule has 0 bridgehead atoms. The van der Waals surface area contributed by atoms with Crippen molar-refractivity contribution in [2.24, 2.45) is 5.92 Å². The van der Waals surface area contributed by atoms with E-state index in [4.69, 9.17) is 0 Å². The Hall–Kier alpha value is -1.06. The molecule has 1 fully saturated rings. The fourth-order valence-corrected chi connectivity index (χ4v) is 3.02. The van der Waals surface area contributed by atoms with Crippen molar-refractivity contribution in [2.45, 2.75) is 52.1 Å². The first-order valence-corrected chi connectivity index (χ1v) is 8.38. The molecule has 1 aromatic rings. The van der Waals surface area contributed by atoms with Crippen LogP contribution in [0.1, 0.15) is 45.1 Å². The van der Waals surface area contributed by atoms with Crippen molar-refractivity contribution in [1.29, 1.82) is 0 Å². The molecule has 118 valence electrons. The summed E-state index contributed by atoms with van der Waals surface area (Å²) in [6.45, 7) is 7.77. The summed E-state index contributed by atoms with van der Waals surface area (Å²) < 4.78 is 0. The van der Waals surface area contributed by atoms with Crippen LogP contribution in [0.15, 0.2) is 24.3 Å².